The molecule has 3 rings (SSSR count). The monoisotopic (exact) mass is 329 g/mol. The fraction of sp³-hybridized carbons (Fsp3) is 0.118. The molecule has 1 unspecified atom stereocenters. The van der Waals surface area contributed by atoms with E-state index in [2.05, 4.69) is 15.6 Å². The third-order valence-electron chi connectivity index (χ3n) is 3.53. The second kappa shape index (κ2) is 6.73. The van der Waals surface area contributed by atoms with Crippen LogP contribution in [0.4, 0.5) is 10.5 Å². The van der Waals surface area contributed by atoms with Gasteiger partial charge in [0.05, 0.1) is 6.10 Å². The van der Waals surface area contributed by atoms with Crippen molar-refractivity contribution in [1.82, 2.24) is 10.3 Å². The molecular formula is C17H16ClN3O2. The summed E-state index contributed by atoms with van der Waals surface area (Å²) in [5.41, 5.74) is 2.27. The van der Waals surface area contributed by atoms with Crippen LogP contribution in [0.15, 0.2) is 54.7 Å². The van der Waals surface area contributed by atoms with Crippen LogP contribution < -0.4 is 10.6 Å². The van der Waals surface area contributed by atoms with Gasteiger partial charge in [0, 0.05) is 39.9 Å². The first-order valence-corrected chi connectivity index (χ1v) is 7.56. The van der Waals surface area contributed by atoms with Crippen molar-refractivity contribution in [3.63, 3.8) is 0 Å². The summed E-state index contributed by atoms with van der Waals surface area (Å²) in [7, 11) is 0. The highest BCUT2D eigenvalue weighted by atomic mass is 35.5. The van der Waals surface area contributed by atoms with Crippen LogP contribution in [0, 0.1) is 0 Å². The van der Waals surface area contributed by atoms with Gasteiger partial charge in [0.25, 0.3) is 0 Å². The van der Waals surface area contributed by atoms with Crippen LogP contribution in [0.2, 0.25) is 5.02 Å². The van der Waals surface area contributed by atoms with Gasteiger partial charge in [0.2, 0.25) is 0 Å². The number of hydrogen-bond donors (Lipinski definition) is 4. The Bertz CT molecular complexity index is 831. The molecule has 5 nitrogen and oxygen atoms in total. The van der Waals surface area contributed by atoms with Crippen LogP contribution in [0.3, 0.4) is 0 Å². The topological polar surface area (TPSA) is 77.2 Å². The number of nitrogens with one attached hydrogen (secondary N) is 3. The number of aromatic amines is 1. The fourth-order valence-electron chi connectivity index (χ4n) is 2.35. The number of aliphatic hydroxyl groups excluding tert-OH is 1. The second-order valence-corrected chi connectivity index (χ2v) is 5.56. The summed E-state index contributed by atoms with van der Waals surface area (Å²) in [6.45, 7) is 0.0714. The Morgan fingerprint density at radius 2 is 2.04 bits per heavy atom. The van der Waals surface area contributed by atoms with E-state index in [0.717, 1.165) is 10.9 Å². The number of H-pyrrole nitrogens is 1. The van der Waals surface area contributed by atoms with Crippen LogP contribution in [0.5, 0.6) is 0 Å². The summed E-state index contributed by atoms with van der Waals surface area (Å²) < 4.78 is 0. The Hall–Kier alpha value is -2.50. The molecule has 0 saturated carbocycles. The molecule has 0 bridgehead atoms. The largest absolute Gasteiger partial charge is 0.387 e. The number of aromatic nitrogens is 1. The SMILES string of the molecule is O=C(NCC(O)c1ccccc1Cl)Nc1ccc2[nH]ccc2c1. The molecule has 0 aliphatic heterocycles. The second-order valence-electron chi connectivity index (χ2n) is 5.15. The van der Waals surface area contributed by atoms with Crippen molar-refractivity contribution in [2.45, 2.75) is 6.10 Å². The van der Waals surface area contributed by atoms with Gasteiger partial charge in [-0.05, 0) is 30.3 Å². The lowest BCUT2D eigenvalue weighted by Crippen LogP contribution is -2.32. The summed E-state index contributed by atoms with van der Waals surface area (Å²) in [4.78, 5) is 15.0. The number of amides is 2. The van der Waals surface area contributed by atoms with Crippen molar-refractivity contribution in [2.24, 2.45) is 0 Å². The van der Waals surface area contributed by atoms with Gasteiger partial charge in [0.1, 0.15) is 0 Å². The van der Waals surface area contributed by atoms with Gasteiger partial charge in [-0.15, -0.1) is 0 Å². The number of hydrogen-bond acceptors (Lipinski definition) is 2. The smallest absolute Gasteiger partial charge is 0.319 e. The van der Waals surface area contributed by atoms with Crippen LogP contribution in [0.1, 0.15) is 11.7 Å². The quantitative estimate of drug-likeness (QED) is 0.589. The molecule has 0 aliphatic carbocycles. The van der Waals surface area contributed by atoms with E-state index in [-0.39, 0.29) is 12.6 Å². The summed E-state index contributed by atoms with van der Waals surface area (Å²) >= 11 is 6.02. The Balaban J connectivity index is 1.58. The van der Waals surface area contributed by atoms with Gasteiger partial charge >= 0.3 is 6.03 Å². The van der Waals surface area contributed by atoms with E-state index in [0.29, 0.717) is 16.3 Å². The van der Waals surface area contributed by atoms with Gasteiger partial charge in [-0.3, -0.25) is 0 Å². The number of carbonyl (C=O) groups excluding carboxylic acids is 1. The molecule has 0 fully saturated rings. The molecule has 3 aromatic rings. The third-order valence-corrected chi connectivity index (χ3v) is 3.88. The fourth-order valence-corrected chi connectivity index (χ4v) is 2.61. The Labute approximate surface area is 138 Å². The number of anilines is 1. The summed E-state index contributed by atoms with van der Waals surface area (Å²) in [5.74, 6) is 0. The Morgan fingerprint density at radius 1 is 1.22 bits per heavy atom. The van der Waals surface area contributed by atoms with Crippen LogP contribution >= 0.6 is 11.6 Å². The molecule has 4 N–H and O–H groups in total. The van der Waals surface area contributed by atoms with Crippen molar-refractivity contribution < 1.29 is 9.90 Å². The zero-order valence-corrected chi connectivity index (χ0v) is 13.0. The van der Waals surface area contributed by atoms with Crippen molar-refractivity contribution >= 4 is 34.2 Å². The summed E-state index contributed by atoms with van der Waals surface area (Å²) in [6.07, 6.45) is 0.982. The van der Waals surface area contributed by atoms with Crippen LogP contribution in [0.25, 0.3) is 10.9 Å². The number of fused-ring (bicyclic) bond motifs is 1. The standard InChI is InChI=1S/C17H16ClN3O2/c18-14-4-2-1-3-13(14)16(22)10-20-17(23)21-12-5-6-15-11(9-12)7-8-19-15/h1-9,16,19,22H,10H2,(H2,20,21,23). The molecule has 0 radical (unpaired) electrons. The molecule has 2 amide bonds. The predicted molar refractivity (Wildman–Crippen MR) is 91.7 cm³/mol. The van der Waals surface area contributed by atoms with Gasteiger partial charge in [-0.25, -0.2) is 4.79 Å². The maximum Gasteiger partial charge on any atom is 0.319 e. The van der Waals surface area contributed by atoms with E-state index in [1.54, 1.807) is 24.3 Å². The number of aliphatic hydroxyl groups is 1. The minimum Gasteiger partial charge on any atom is -0.387 e. The van der Waals surface area contributed by atoms with Crippen molar-refractivity contribution in [1.29, 1.82) is 0 Å². The lowest BCUT2D eigenvalue weighted by atomic mass is 10.1. The first-order valence-electron chi connectivity index (χ1n) is 7.18. The maximum atomic E-state index is 11.9. The molecule has 0 spiro atoms. The first kappa shape index (κ1) is 15.4. The van der Waals surface area contributed by atoms with E-state index in [9.17, 15) is 9.90 Å². The van der Waals surface area contributed by atoms with Gasteiger partial charge in [-0.2, -0.15) is 0 Å². The predicted octanol–water partition coefficient (Wildman–Crippen LogP) is 3.68. The van der Waals surface area contributed by atoms with E-state index in [4.69, 9.17) is 11.6 Å². The molecule has 2 aromatic carbocycles. The molecule has 1 atom stereocenters. The average molecular weight is 330 g/mol. The minimum atomic E-state index is -0.860. The molecule has 1 heterocycles. The third kappa shape index (κ3) is 3.64. The molecule has 23 heavy (non-hydrogen) atoms. The molecular weight excluding hydrogens is 314 g/mol. The molecule has 118 valence electrons. The highest BCUT2D eigenvalue weighted by molar-refractivity contribution is 6.31. The number of rotatable bonds is 4. The lowest BCUT2D eigenvalue weighted by Gasteiger charge is -2.14. The summed E-state index contributed by atoms with van der Waals surface area (Å²) in [6, 6.07) is 14.1. The zero-order chi connectivity index (χ0) is 16.2. The van der Waals surface area contributed by atoms with E-state index >= 15 is 0 Å². The summed E-state index contributed by atoms with van der Waals surface area (Å²) in [5, 5.41) is 17.0. The lowest BCUT2D eigenvalue weighted by molar-refractivity contribution is 0.175. The normalized spacial score (nSPS) is 12.1. The zero-order valence-electron chi connectivity index (χ0n) is 12.2. The number of halogens is 1. The number of benzene rings is 2. The van der Waals surface area contributed by atoms with E-state index in [1.165, 1.54) is 0 Å². The van der Waals surface area contributed by atoms with Crippen LogP contribution in [-0.4, -0.2) is 22.7 Å². The number of urea groups is 1. The van der Waals surface area contributed by atoms with Crippen molar-refractivity contribution in [3.8, 4) is 0 Å². The van der Waals surface area contributed by atoms with Gasteiger partial charge in [-0.1, -0.05) is 29.8 Å². The first-order chi connectivity index (χ1) is 11.1. The highest BCUT2D eigenvalue weighted by Gasteiger charge is 2.12. The molecule has 0 saturated heterocycles. The van der Waals surface area contributed by atoms with Gasteiger partial charge in [0.15, 0.2) is 0 Å². The van der Waals surface area contributed by atoms with E-state index in [1.807, 2.05) is 30.5 Å². The Kier molecular flexibility index (Phi) is 4.50. The molecule has 6 heteroatoms. The molecule has 1 aromatic heterocycles. The van der Waals surface area contributed by atoms with Gasteiger partial charge < -0.3 is 20.7 Å². The number of carbonyl (C=O) groups is 1. The van der Waals surface area contributed by atoms with Crippen molar-refractivity contribution in [3.05, 3.63) is 65.3 Å². The van der Waals surface area contributed by atoms with E-state index < -0.39 is 6.10 Å². The molecule has 0 aliphatic rings. The maximum absolute atomic E-state index is 11.9. The minimum absolute atomic E-state index is 0.0714. The highest BCUT2D eigenvalue weighted by Crippen LogP contribution is 2.22. The van der Waals surface area contributed by atoms with Crippen molar-refractivity contribution in [2.75, 3.05) is 11.9 Å². The van der Waals surface area contributed by atoms with Crippen LogP contribution in [-0.2, 0) is 0 Å². The average Bonchev–Trinajstić information content (AvgIpc) is 3.01. The Morgan fingerprint density at radius 3 is 2.87 bits per heavy atom.